The van der Waals surface area contributed by atoms with Gasteiger partial charge < -0.3 is 10.5 Å². The lowest BCUT2D eigenvalue weighted by molar-refractivity contribution is 0.158. The molecule has 4 N–H and O–H groups in total. The average molecular weight is 282 g/mol. The molecule has 4 rings (SSSR count). The van der Waals surface area contributed by atoms with Crippen LogP contribution < -0.4 is 16.2 Å². The number of fused-ring (bicyclic) bond motifs is 1. The van der Waals surface area contributed by atoms with Crippen molar-refractivity contribution in [2.24, 2.45) is 11.5 Å². The van der Waals surface area contributed by atoms with E-state index in [1.807, 2.05) is 24.5 Å². The lowest BCUT2D eigenvalue weighted by Gasteiger charge is -2.29. The van der Waals surface area contributed by atoms with Gasteiger partial charge in [-0.15, -0.1) is 0 Å². The number of hydrogen-bond donors (Lipinski definition) is 2. The second-order valence-corrected chi connectivity index (χ2v) is 5.84. The number of benzene rings is 1. The molecule has 2 aromatic rings. The number of rotatable bonds is 2. The minimum atomic E-state index is -0.443. The molecule has 5 heteroatoms. The Morgan fingerprint density at radius 3 is 2.57 bits per heavy atom. The summed E-state index contributed by atoms with van der Waals surface area (Å²) in [6, 6.07) is 5.77. The quantitative estimate of drug-likeness (QED) is 0.873. The van der Waals surface area contributed by atoms with Crippen LogP contribution in [0.25, 0.3) is 11.1 Å². The minimum absolute atomic E-state index is 0.190. The summed E-state index contributed by atoms with van der Waals surface area (Å²) < 4.78 is 5.69. The van der Waals surface area contributed by atoms with Crippen LogP contribution in [0.15, 0.2) is 30.6 Å². The van der Waals surface area contributed by atoms with Gasteiger partial charge in [0.15, 0.2) is 6.23 Å². The number of nitrogens with zero attached hydrogens (tertiary/aromatic N) is 2. The molecule has 21 heavy (non-hydrogen) atoms. The topological polar surface area (TPSA) is 87.0 Å². The van der Waals surface area contributed by atoms with Gasteiger partial charge >= 0.3 is 0 Å². The van der Waals surface area contributed by atoms with E-state index < -0.39 is 6.23 Å². The van der Waals surface area contributed by atoms with E-state index in [4.69, 9.17) is 16.2 Å². The van der Waals surface area contributed by atoms with Crippen molar-refractivity contribution in [3.8, 4) is 16.9 Å². The Kier molecular flexibility index (Phi) is 2.90. The van der Waals surface area contributed by atoms with Crippen LogP contribution in [-0.2, 0) is 6.42 Å². The third-order valence-electron chi connectivity index (χ3n) is 4.18. The maximum Gasteiger partial charge on any atom is 0.163 e. The molecular weight excluding hydrogens is 264 g/mol. The van der Waals surface area contributed by atoms with Gasteiger partial charge in [-0.1, -0.05) is 12.1 Å². The standard InChI is InChI=1S/C16H18N4O/c17-13-6-12-11(2-1-3-14(12)21-15(13)18)10-7-19-16(20-8-10)9-4-5-9/h1-3,7-9,13,15H,4-6,17-18H2/t13-,15?/m0/s1. The molecule has 2 heterocycles. The molecule has 1 aromatic heterocycles. The maximum absolute atomic E-state index is 6.03. The van der Waals surface area contributed by atoms with Gasteiger partial charge in [0.25, 0.3) is 0 Å². The molecule has 1 fully saturated rings. The van der Waals surface area contributed by atoms with Gasteiger partial charge in [-0.05, 0) is 30.9 Å². The fourth-order valence-corrected chi connectivity index (χ4v) is 2.77. The van der Waals surface area contributed by atoms with Crippen LogP contribution in [0.5, 0.6) is 5.75 Å². The van der Waals surface area contributed by atoms with Gasteiger partial charge in [0.2, 0.25) is 0 Å². The lowest BCUT2D eigenvalue weighted by Crippen LogP contribution is -2.49. The van der Waals surface area contributed by atoms with Crippen molar-refractivity contribution >= 4 is 0 Å². The Hall–Kier alpha value is -1.98. The molecule has 0 saturated heterocycles. The van der Waals surface area contributed by atoms with E-state index in [0.717, 1.165) is 28.3 Å². The fourth-order valence-electron chi connectivity index (χ4n) is 2.77. The first kappa shape index (κ1) is 12.7. The van der Waals surface area contributed by atoms with Crippen molar-refractivity contribution in [3.63, 3.8) is 0 Å². The monoisotopic (exact) mass is 282 g/mol. The summed E-state index contributed by atoms with van der Waals surface area (Å²) in [5, 5.41) is 0. The van der Waals surface area contributed by atoms with Crippen LogP contribution in [0.2, 0.25) is 0 Å². The highest BCUT2D eigenvalue weighted by Gasteiger charge is 2.28. The third-order valence-corrected chi connectivity index (χ3v) is 4.18. The Balaban J connectivity index is 1.73. The van der Waals surface area contributed by atoms with Crippen molar-refractivity contribution in [1.29, 1.82) is 0 Å². The van der Waals surface area contributed by atoms with E-state index in [1.165, 1.54) is 12.8 Å². The van der Waals surface area contributed by atoms with Gasteiger partial charge in [0, 0.05) is 29.4 Å². The minimum Gasteiger partial charge on any atom is -0.474 e. The van der Waals surface area contributed by atoms with E-state index >= 15 is 0 Å². The molecule has 108 valence electrons. The van der Waals surface area contributed by atoms with Crippen molar-refractivity contribution in [1.82, 2.24) is 9.97 Å². The van der Waals surface area contributed by atoms with Crippen LogP contribution in [-0.4, -0.2) is 22.2 Å². The third kappa shape index (κ3) is 2.28. The van der Waals surface area contributed by atoms with Crippen molar-refractivity contribution in [3.05, 3.63) is 42.0 Å². The molecule has 5 nitrogen and oxygen atoms in total. The number of ether oxygens (including phenoxy) is 1. The highest BCUT2D eigenvalue weighted by Crippen LogP contribution is 2.39. The summed E-state index contributed by atoms with van der Waals surface area (Å²) in [4.78, 5) is 8.98. The molecule has 1 unspecified atom stereocenters. The first-order valence-corrected chi connectivity index (χ1v) is 7.34. The summed E-state index contributed by atoms with van der Waals surface area (Å²) in [6.07, 6.45) is 6.48. The Morgan fingerprint density at radius 2 is 1.86 bits per heavy atom. The van der Waals surface area contributed by atoms with Crippen molar-refractivity contribution in [2.45, 2.75) is 37.5 Å². The van der Waals surface area contributed by atoms with Gasteiger partial charge in [-0.2, -0.15) is 0 Å². The highest BCUT2D eigenvalue weighted by atomic mass is 16.5. The molecule has 1 aliphatic carbocycles. The SMILES string of the molecule is NC1Oc2cccc(-c3cnc(C4CC4)nc3)c2C[C@@H]1N. The molecule has 2 aliphatic rings. The van der Waals surface area contributed by atoms with Gasteiger partial charge in [0.05, 0.1) is 6.04 Å². The van der Waals surface area contributed by atoms with Crippen LogP contribution in [0.4, 0.5) is 0 Å². The second-order valence-electron chi connectivity index (χ2n) is 5.84. The normalized spacial score (nSPS) is 24.3. The van der Waals surface area contributed by atoms with E-state index in [9.17, 15) is 0 Å². The van der Waals surface area contributed by atoms with Crippen LogP contribution in [0.3, 0.4) is 0 Å². The smallest absolute Gasteiger partial charge is 0.163 e. The van der Waals surface area contributed by atoms with Crippen molar-refractivity contribution in [2.75, 3.05) is 0 Å². The van der Waals surface area contributed by atoms with Gasteiger partial charge in [-0.3, -0.25) is 5.73 Å². The first-order valence-electron chi connectivity index (χ1n) is 7.34. The zero-order valence-corrected chi connectivity index (χ0v) is 11.7. The summed E-state index contributed by atoms with van der Waals surface area (Å²) in [7, 11) is 0. The summed E-state index contributed by atoms with van der Waals surface area (Å²) in [6.45, 7) is 0. The van der Waals surface area contributed by atoms with Crippen LogP contribution in [0, 0.1) is 0 Å². The van der Waals surface area contributed by atoms with E-state index in [1.54, 1.807) is 0 Å². The number of nitrogens with two attached hydrogens (primary N) is 2. The number of hydrogen-bond acceptors (Lipinski definition) is 5. The van der Waals surface area contributed by atoms with Gasteiger partial charge in [-0.25, -0.2) is 9.97 Å². The molecule has 1 saturated carbocycles. The van der Waals surface area contributed by atoms with Crippen molar-refractivity contribution < 1.29 is 4.74 Å². The van der Waals surface area contributed by atoms with Crippen LogP contribution in [0.1, 0.15) is 30.1 Å². The number of aromatic nitrogens is 2. The summed E-state index contributed by atoms with van der Waals surface area (Å²) >= 11 is 0. The van der Waals surface area contributed by atoms with E-state index in [2.05, 4.69) is 16.0 Å². The highest BCUT2D eigenvalue weighted by molar-refractivity contribution is 5.69. The molecular formula is C16H18N4O. The van der Waals surface area contributed by atoms with Crippen LogP contribution >= 0.6 is 0 Å². The lowest BCUT2D eigenvalue weighted by atomic mass is 9.93. The zero-order valence-electron chi connectivity index (χ0n) is 11.7. The maximum atomic E-state index is 6.03. The Labute approximate surface area is 123 Å². The zero-order chi connectivity index (χ0) is 14.4. The molecule has 1 aromatic carbocycles. The van der Waals surface area contributed by atoms with Gasteiger partial charge in [0.1, 0.15) is 11.6 Å². The predicted octanol–water partition coefficient (Wildman–Crippen LogP) is 1.57. The molecule has 0 radical (unpaired) electrons. The fraction of sp³-hybridized carbons (Fsp3) is 0.375. The largest absolute Gasteiger partial charge is 0.474 e. The second kappa shape index (κ2) is 4.79. The molecule has 1 aliphatic heterocycles. The van der Waals surface area contributed by atoms with E-state index in [-0.39, 0.29) is 6.04 Å². The summed E-state index contributed by atoms with van der Waals surface area (Å²) in [5.41, 5.74) is 15.1. The Bertz CT molecular complexity index is 666. The molecule has 0 spiro atoms. The first-order chi connectivity index (χ1) is 10.2. The molecule has 0 bridgehead atoms. The predicted molar refractivity (Wildman–Crippen MR) is 79.7 cm³/mol. The molecule has 2 atom stereocenters. The molecule has 0 amide bonds. The Morgan fingerprint density at radius 1 is 1.10 bits per heavy atom. The summed E-state index contributed by atoms with van der Waals surface area (Å²) in [5.74, 6) is 2.34. The van der Waals surface area contributed by atoms with E-state index in [0.29, 0.717) is 12.3 Å². The average Bonchev–Trinajstić information content (AvgIpc) is 3.33.